The first-order valence-electron chi connectivity index (χ1n) is 9.37. The highest BCUT2D eigenvalue weighted by molar-refractivity contribution is 6.39. The van der Waals surface area contributed by atoms with Crippen molar-refractivity contribution in [1.29, 1.82) is 0 Å². The number of imide groups is 2. The number of benzene rings is 1. The van der Waals surface area contributed by atoms with Crippen molar-refractivity contribution in [1.82, 2.24) is 9.88 Å². The summed E-state index contributed by atoms with van der Waals surface area (Å²) in [7, 11) is 0. The summed E-state index contributed by atoms with van der Waals surface area (Å²) in [5.74, 6) is -2.11. The van der Waals surface area contributed by atoms with E-state index in [2.05, 4.69) is 9.88 Å². The largest absolute Gasteiger partial charge is 0.351 e. The van der Waals surface area contributed by atoms with Crippen molar-refractivity contribution in [3.8, 4) is 0 Å². The van der Waals surface area contributed by atoms with Crippen LogP contribution in [0.3, 0.4) is 0 Å². The molecule has 6 nitrogen and oxygen atoms in total. The molecule has 2 fully saturated rings. The molecule has 1 aliphatic carbocycles. The molecule has 1 aromatic heterocycles. The molecule has 2 aliphatic rings. The van der Waals surface area contributed by atoms with Gasteiger partial charge in [0.1, 0.15) is 11.4 Å². The van der Waals surface area contributed by atoms with Crippen LogP contribution in [0.5, 0.6) is 0 Å². The third kappa shape index (κ3) is 3.47. The Morgan fingerprint density at radius 1 is 1.07 bits per heavy atom. The predicted octanol–water partition coefficient (Wildman–Crippen LogP) is 3.80. The third-order valence-corrected chi connectivity index (χ3v) is 5.21. The Hall–Kier alpha value is -3.22. The maximum absolute atomic E-state index is 13.5. The highest BCUT2D eigenvalue weighted by atomic mass is 19.1. The van der Waals surface area contributed by atoms with Gasteiger partial charge in [-0.2, -0.15) is 0 Å². The highest BCUT2D eigenvalue weighted by Gasteiger charge is 2.37. The number of carbonyl (C=O) groups is 3. The summed E-state index contributed by atoms with van der Waals surface area (Å²) in [6.07, 6.45) is 11.2. The van der Waals surface area contributed by atoms with Crippen LogP contribution in [0.25, 0.3) is 6.08 Å². The number of barbiturate groups is 1. The zero-order valence-corrected chi connectivity index (χ0v) is 15.2. The van der Waals surface area contributed by atoms with E-state index in [1.807, 2.05) is 18.5 Å². The van der Waals surface area contributed by atoms with Crippen molar-refractivity contribution < 1.29 is 18.8 Å². The summed E-state index contributed by atoms with van der Waals surface area (Å²) >= 11 is 0. The van der Waals surface area contributed by atoms with Crippen molar-refractivity contribution >= 4 is 29.6 Å². The van der Waals surface area contributed by atoms with E-state index < -0.39 is 23.7 Å². The van der Waals surface area contributed by atoms with Gasteiger partial charge in [-0.25, -0.2) is 14.1 Å². The second-order valence-corrected chi connectivity index (χ2v) is 7.12. The Morgan fingerprint density at radius 2 is 1.86 bits per heavy atom. The van der Waals surface area contributed by atoms with Gasteiger partial charge in [-0.1, -0.05) is 25.3 Å². The van der Waals surface area contributed by atoms with E-state index in [1.54, 1.807) is 0 Å². The number of nitrogens with one attached hydrogen (secondary N) is 1. The number of amides is 4. The molecular weight excluding hydrogens is 361 g/mol. The smallest absolute Gasteiger partial charge is 0.335 e. The van der Waals surface area contributed by atoms with E-state index >= 15 is 0 Å². The van der Waals surface area contributed by atoms with Crippen LogP contribution in [-0.4, -0.2) is 22.4 Å². The molecule has 7 heteroatoms. The van der Waals surface area contributed by atoms with Crippen molar-refractivity contribution in [2.75, 3.05) is 4.90 Å². The second-order valence-electron chi connectivity index (χ2n) is 7.12. The van der Waals surface area contributed by atoms with Crippen molar-refractivity contribution in [2.24, 2.45) is 0 Å². The van der Waals surface area contributed by atoms with Gasteiger partial charge < -0.3 is 4.57 Å². The Labute approximate surface area is 161 Å². The average molecular weight is 381 g/mol. The number of rotatable bonds is 3. The van der Waals surface area contributed by atoms with Crippen LogP contribution in [0.2, 0.25) is 0 Å². The maximum atomic E-state index is 13.5. The van der Waals surface area contributed by atoms with E-state index in [4.69, 9.17) is 0 Å². The minimum atomic E-state index is -0.891. The van der Waals surface area contributed by atoms with Gasteiger partial charge in [0.05, 0.1) is 5.69 Å². The van der Waals surface area contributed by atoms with Gasteiger partial charge in [-0.15, -0.1) is 0 Å². The normalized spacial score (nSPS) is 20.0. The molecule has 28 heavy (non-hydrogen) atoms. The van der Waals surface area contributed by atoms with E-state index in [1.165, 1.54) is 43.5 Å². The first-order valence-corrected chi connectivity index (χ1v) is 9.37. The number of hydrogen-bond donors (Lipinski definition) is 1. The lowest BCUT2D eigenvalue weighted by Gasteiger charge is -2.26. The first-order chi connectivity index (χ1) is 13.5. The van der Waals surface area contributed by atoms with E-state index in [0.717, 1.165) is 23.8 Å². The molecule has 0 radical (unpaired) electrons. The van der Waals surface area contributed by atoms with Gasteiger partial charge in [0.2, 0.25) is 0 Å². The Morgan fingerprint density at radius 3 is 2.61 bits per heavy atom. The number of halogens is 1. The van der Waals surface area contributed by atoms with Crippen LogP contribution >= 0.6 is 0 Å². The monoisotopic (exact) mass is 381 g/mol. The zero-order valence-electron chi connectivity index (χ0n) is 15.2. The summed E-state index contributed by atoms with van der Waals surface area (Å²) in [6, 6.07) is 6.50. The highest BCUT2D eigenvalue weighted by Crippen LogP contribution is 2.29. The molecule has 0 unspecified atom stereocenters. The average Bonchev–Trinajstić information content (AvgIpc) is 3.14. The maximum Gasteiger partial charge on any atom is 0.335 e. The second kappa shape index (κ2) is 7.42. The fraction of sp³-hybridized carbons (Fsp3) is 0.286. The summed E-state index contributed by atoms with van der Waals surface area (Å²) in [5, 5.41) is 2.15. The molecule has 1 aromatic carbocycles. The van der Waals surface area contributed by atoms with Crippen LogP contribution in [0.15, 0.2) is 48.3 Å². The van der Waals surface area contributed by atoms with Gasteiger partial charge in [-0.3, -0.25) is 14.9 Å². The van der Waals surface area contributed by atoms with E-state index in [0.29, 0.717) is 11.6 Å². The Balaban J connectivity index is 1.63. The lowest BCUT2D eigenvalue weighted by atomic mass is 9.95. The van der Waals surface area contributed by atoms with Gasteiger partial charge in [-0.05, 0) is 48.7 Å². The van der Waals surface area contributed by atoms with Crippen LogP contribution < -0.4 is 10.2 Å². The van der Waals surface area contributed by atoms with Crippen LogP contribution in [0, 0.1) is 5.82 Å². The molecule has 0 bridgehead atoms. The van der Waals surface area contributed by atoms with Gasteiger partial charge in [0, 0.05) is 18.4 Å². The van der Waals surface area contributed by atoms with Crippen LogP contribution in [-0.2, 0) is 9.59 Å². The predicted molar refractivity (Wildman–Crippen MR) is 102 cm³/mol. The molecule has 1 saturated carbocycles. The molecule has 1 aliphatic heterocycles. The SMILES string of the molecule is O=C1NC(=O)N(c2cccc(F)c2)C(=O)/C1=C\c1ccn(C2CCCCC2)c1. The molecule has 0 spiro atoms. The summed E-state index contributed by atoms with van der Waals surface area (Å²) in [6.45, 7) is 0. The fourth-order valence-electron chi connectivity index (χ4n) is 3.80. The minimum absolute atomic E-state index is 0.0701. The number of hydrogen-bond acceptors (Lipinski definition) is 3. The zero-order chi connectivity index (χ0) is 19.7. The molecule has 0 atom stereocenters. The topological polar surface area (TPSA) is 71.4 Å². The fourth-order valence-corrected chi connectivity index (χ4v) is 3.80. The molecule has 2 heterocycles. The number of anilines is 1. The van der Waals surface area contributed by atoms with Gasteiger partial charge in [0.25, 0.3) is 11.8 Å². The van der Waals surface area contributed by atoms with Crippen LogP contribution in [0.1, 0.15) is 43.7 Å². The minimum Gasteiger partial charge on any atom is -0.351 e. The number of nitrogens with zero attached hydrogens (tertiary/aromatic N) is 2. The Bertz CT molecular complexity index is 973. The lowest BCUT2D eigenvalue weighted by Crippen LogP contribution is -2.54. The molecule has 1 saturated heterocycles. The third-order valence-electron chi connectivity index (χ3n) is 5.21. The molecule has 1 N–H and O–H groups in total. The number of aromatic nitrogens is 1. The summed E-state index contributed by atoms with van der Waals surface area (Å²) in [5.41, 5.74) is 0.614. The molecule has 144 valence electrons. The quantitative estimate of drug-likeness (QED) is 0.649. The van der Waals surface area contributed by atoms with Gasteiger partial charge >= 0.3 is 6.03 Å². The number of carbonyl (C=O) groups excluding carboxylic acids is 3. The summed E-state index contributed by atoms with van der Waals surface area (Å²) < 4.78 is 15.6. The first kappa shape index (κ1) is 18.2. The molecule has 2 aromatic rings. The van der Waals surface area contributed by atoms with E-state index in [9.17, 15) is 18.8 Å². The van der Waals surface area contributed by atoms with E-state index in [-0.39, 0.29) is 11.3 Å². The van der Waals surface area contributed by atoms with Crippen molar-refractivity contribution in [3.63, 3.8) is 0 Å². The standard InChI is InChI=1S/C21H20FN3O3/c22-15-5-4-8-17(12-15)25-20(27)18(19(26)23-21(25)28)11-14-9-10-24(13-14)16-6-2-1-3-7-16/h4-5,8-13,16H,1-3,6-7H2,(H,23,26,28)/b18-11-. The Kier molecular flexibility index (Phi) is 4.81. The lowest BCUT2D eigenvalue weighted by molar-refractivity contribution is -0.122. The van der Waals surface area contributed by atoms with Crippen molar-refractivity contribution in [3.05, 3.63) is 59.7 Å². The molecule has 4 rings (SSSR count). The molecular formula is C21H20FN3O3. The number of urea groups is 1. The van der Waals surface area contributed by atoms with Gasteiger partial charge in [0.15, 0.2) is 0 Å². The molecule has 4 amide bonds. The van der Waals surface area contributed by atoms with Crippen molar-refractivity contribution in [2.45, 2.75) is 38.1 Å². The van der Waals surface area contributed by atoms with Crippen LogP contribution in [0.4, 0.5) is 14.9 Å². The summed E-state index contributed by atoms with van der Waals surface area (Å²) in [4.78, 5) is 38.0.